The molecule has 0 fully saturated rings. The minimum atomic E-state index is -0.272. The van der Waals surface area contributed by atoms with Crippen molar-refractivity contribution in [3.05, 3.63) is 53.1 Å². The zero-order chi connectivity index (χ0) is 16.1. The summed E-state index contributed by atoms with van der Waals surface area (Å²) in [5.74, 6) is 0.911. The van der Waals surface area contributed by atoms with Crippen LogP contribution >= 0.6 is 0 Å². The molecular formula is C17H19NO4. The third-order valence-corrected chi connectivity index (χ3v) is 3.38. The maximum absolute atomic E-state index is 12.4. The average Bonchev–Trinajstić information content (AvgIpc) is 2.55. The molecule has 0 unspecified atom stereocenters. The number of carbonyl (C=O) groups is 1. The van der Waals surface area contributed by atoms with Gasteiger partial charge in [0.1, 0.15) is 11.5 Å². The Morgan fingerprint density at radius 1 is 1.14 bits per heavy atom. The molecule has 116 valence electrons. The second-order valence-corrected chi connectivity index (χ2v) is 4.82. The van der Waals surface area contributed by atoms with Crippen molar-refractivity contribution in [2.75, 3.05) is 19.5 Å². The fraction of sp³-hybridized carbons (Fsp3) is 0.235. The lowest BCUT2D eigenvalue weighted by Gasteiger charge is -2.13. The molecule has 0 saturated heterocycles. The van der Waals surface area contributed by atoms with E-state index in [0.717, 1.165) is 11.1 Å². The lowest BCUT2D eigenvalue weighted by molar-refractivity contribution is 0.102. The summed E-state index contributed by atoms with van der Waals surface area (Å²) in [4.78, 5) is 12.4. The van der Waals surface area contributed by atoms with Crippen LogP contribution in [0.5, 0.6) is 11.5 Å². The summed E-state index contributed by atoms with van der Waals surface area (Å²) in [6, 6.07) is 10.4. The van der Waals surface area contributed by atoms with E-state index in [4.69, 9.17) is 14.6 Å². The number of nitrogens with one attached hydrogen (secondary N) is 1. The molecule has 0 atom stereocenters. The van der Waals surface area contributed by atoms with Gasteiger partial charge >= 0.3 is 0 Å². The number of benzene rings is 2. The van der Waals surface area contributed by atoms with E-state index in [1.165, 1.54) is 0 Å². The predicted molar refractivity (Wildman–Crippen MR) is 84.6 cm³/mol. The molecule has 0 radical (unpaired) electrons. The van der Waals surface area contributed by atoms with Crippen molar-refractivity contribution in [3.63, 3.8) is 0 Å². The van der Waals surface area contributed by atoms with Gasteiger partial charge in [-0.25, -0.2) is 0 Å². The van der Waals surface area contributed by atoms with Gasteiger partial charge in [-0.05, 0) is 36.8 Å². The van der Waals surface area contributed by atoms with Gasteiger partial charge in [-0.3, -0.25) is 4.79 Å². The molecule has 0 bridgehead atoms. The zero-order valence-electron chi connectivity index (χ0n) is 12.8. The largest absolute Gasteiger partial charge is 0.496 e. The summed E-state index contributed by atoms with van der Waals surface area (Å²) in [6.07, 6.45) is 0. The second kappa shape index (κ2) is 6.95. The van der Waals surface area contributed by atoms with Crippen molar-refractivity contribution >= 4 is 11.6 Å². The van der Waals surface area contributed by atoms with Gasteiger partial charge < -0.3 is 19.9 Å². The van der Waals surface area contributed by atoms with Gasteiger partial charge in [0.05, 0.1) is 20.8 Å². The fourth-order valence-electron chi connectivity index (χ4n) is 2.17. The smallest absolute Gasteiger partial charge is 0.255 e. The van der Waals surface area contributed by atoms with Crippen LogP contribution in [0.4, 0.5) is 5.69 Å². The summed E-state index contributed by atoms with van der Waals surface area (Å²) in [6.45, 7) is 1.79. The standard InChI is InChI=1S/C17H19NO4/c1-11-15(21-2)8-13(9-16(11)22-3)17(20)18-14-6-4-5-12(7-14)10-19/h4-9,19H,10H2,1-3H3,(H,18,20). The molecule has 22 heavy (non-hydrogen) atoms. The van der Waals surface area contributed by atoms with Crippen LogP contribution in [0.2, 0.25) is 0 Å². The second-order valence-electron chi connectivity index (χ2n) is 4.82. The highest BCUT2D eigenvalue weighted by molar-refractivity contribution is 6.05. The van der Waals surface area contributed by atoms with Crippen molar-refractivity contribution in [3.8, 4) is 11.5 Å². The number of methoxy groups -OCH3 is 2. The highest BCUT2D eigenvalue weighted by Gasteiger charge is 2.13. The molecule has 0 aliphatic heterocycles. The van der Waals surface area contributed by atoms with E-state index in [2.05, 4.69) is 5.32 Å². The molecule has 2 aromatic rings. The number of anilines is 1. The van der Waals surface area contributed by atoms with Crippen LogP contribution in [0, 0.1) is 6.92 Å². The maximum atomic E-state index is 12.4. The van der Waals surface area contributed by atoms with Gasteiger partial charge in [0.2, 0.25) is 0 Å². The van der Waals surface area contributed by atoms with Gasteiger partial charge in [-0.2, -0.15) is 0 Å². The number of ether oxygens (including phenoxy) is 2. The summed E-state index contributed by atoms with van der Waals surface area (Å²) in [5, 5.41) is 11.9. The van der Waals surface area contributed by atoms with Gasteiger partial charge in [-0.15, -0.1) is 0 Å². The van der Waals surface area contributed by atoms with Gasteiger partial charge in [0.25, 0.3) is 5.91 Å². The number of hydrogen-bond donors (Lipinski definition) is 2. The molecular weight excluding hydrogens is 282 g/mol. The lowest BCUT2D eigenvalue weighted by Crippen LogP contribution is -2.12. The highest BCUT2D eigenvalue weighted by Crippen LogP contribution is 2.29. The molecule has 2 aromatic carbocycles. The minimum absolute atomic E-state index is 0.0735. The molecule has 0 aliphatic carbocycles. The summed E-state index contributed by atoms with van der Waals surface area (Å²) in [5.41, 5.74) is 2.63. The molecule has 2 rings (SSSR count). The lowest BCUT2D eigenvalue weighted by atomic mass is 10.1. The van der Waals surface area contributed by atoms with E-state index in [0.29, 0.717) is 22.7 Å². The number of aliphatic hydroxyl groups excluding tert-OH is 1. The molecule has 1 amide bonds. The van der Waals surface area contributed by atoms with Crippen LogP contribution in [0.3, 0.4) is 0 Å². The highest BCUT2D eigenvalue weighted by atomic mass is 16.5. The molecule has 5 nitrogen and oxygen atoms in total. The molecule has 0 heterocycles. The SMILES string of the molecule is COc1cc(C(=O)Nc2cccc(CO)c2)cc(OC)c1C. The van der Waals surface area contributed by atoms with Crippen LogP contribution in [-0.4, -0.2) is 25.2 Å². The van der Waals surface area contributed by atoms with Crippen molar-refractivity contribution in [2.24, 2.45) is 0 Å². The Kier molecular flexibility index (Phi) is 5.01. The van der Waals surface area contributed by atoms with E-state index in [1.54, 1.807) is 50.6 Å². The van der Waals surface area contributed by atoms with Crippen LogP contribution in [0.25, 0.3) is 0 Å². The fourth-order valence-corrected chi connectivity index (χ4v) is 2.17. The number of amides is 1. The van der Waals surface area contributed by atoms with E-state index >= 15 is 0 Å². The van der Waals surface area contributed by atoms with E-state index in [9.17, 15) is 4.79 Å². The number of rotatable bonds is 5. The first-order chi connectivity index (χ1) is 10.6. The van der Waals surface area contributed by atoms with Crippen LogP contribution in [-0.2, 0) is 6.61 Å². The predicted octanol–water partition coefficient (Wildman–Crippen LogP) is 2.76. The normalized spacial score (nSPS) is 10.2. The summed E-state index contributed by atoms with van der Waals surface area (Å²) in [7, 11) is 3.10. The molecule has 2 N–H and O–H groups in total. The van der Waals surface area contributed by atoms with Crippen molar-refractivity contribution in [1.29, 1.82) is 0 Å². The van der Waals surface area contributed by atoms with Crippen LogP contribution < -0.4 is 14.8 Å². The number of carbonyl (C=O) groups excluding carboxylic acids is 1. The number of aliphatic hydroxyl groups is 1. The molecule has 0 aliphatic rings. The van der Waals surface area contributed by atoms with Crippen molar-refractivity contribution < 1.29 is 19.4 Å². The Hall–Kier alpha value is -2.53. The molecule has 5 heteroatoms. The first-order valence-electron chi connectivity index (χ1n) is 6.82. The Labute approximate surface area is 129 Å². The Morgan fingerprint density at radius 3 is 2.32 bits per heavy atom. The Morgan fingerprint density at radius 2 is 1.77 bits per heavy atom. The van der Waals surface area contributed by atoms with E-state index in [1.807, 2.05) is 6.92 Å². The third-order valence-electron chi connectivity index (χ3n) is 3.38. The van der Waals surface area contributed by atoms with Gasteiger partial charge in [0, 0.05) is 16.8 Å². The maximum Gasteiger partial charge on any atom is 0.255 e. The van der Waals surface area contributed by atoms with Crippen LogP contribution in [0.15, 0.2) is 36.4 Å². The first kappa shape index (κ1) is 15.9. The van der Waals surface area contributed by atoms with Gasteiger partial charge in [-0.1, -0.05) is 12.1 Å². The number of hydrogen-bond acceptors (Lipinski definition) is 4. The zero-order valence-corrected chi connectivity index (χ0v) is 12.8. The van der Waals surface area contributed by atoms with E-state index in [-0.39, 0.29) is 12.5 Å². The first-order valence-corrected chi connectivity index (χ1v) is 6.82. The van der Waals surface area contributed by atoms with Crippen LogP contribution in [0.1, 0.15) is 21.5 Å². The molecule has 0 aromatic heterocycles. The average molecular weight is 301 g/mol. The van der Waals surface area contributed by atoms with E-state index < -0.39 is 0 Å². The van der Waals surface area contributed by atoms with Gasteiger partial charge in [0.15, 0.2) is 0 Å². The third kappa shape index (κ3) is 3.38. The van der Waals surface area contributed by atoms with Crippen molar-refractivity contribution in [1.82, 2.24) is 0 Å². The Balaban J connectivity index is 2.29. The molecule has 0 spiro atoms. The monoisotopic (exact) mass is 301 g/mol. The van der Waals surface area contributed by atoms with Crippen molar-refractivity contribution in [2.45, 2.75) is 13.5 Å². The molecule has 0 saturated carbocycles. The minimum Gasteiger partial charge on any atom is -0.496 e. The Bertz CT molecular complexity index is 657. The summed E-state index contributed by atoms with van der Waals surface area (Å²) >= 11 is 0. The topological polar surface area (TPSA) is 67.8 Å². The summed E-state index contributed by atoms with van der Waals surface area (Å²) < 4.78 is 10.5. The quantitative estimate of drug-likeness (QED) is 0.891.